The topological polar surface area (TPSA) is 66.4 Å². The molecule has 0 bridgehead atoms. The fourth-order valence-corrected chi connectivity index (χ4v) is 4.32. The number of sulfonamides is 1. The van der Waals surface area contributed by atoms with Crippen LogP contribution >= 0.6 is 0 Å². The average molecular weight is 367 g/mol. The highest BCUT2D eigenvalue weighted by Crippen LogP contribution is 2.33. The predicted octanol–water partition coefficient (Wildman–Crippen LogP) is 3.29. The Morgan fingerprint density at radius 3 is 1.58 bits per heavy atom. The van der Waals surface area contributed by atoms with E-state index < -0.39 is 21.7 Å². The molecular formula is C21H21NO3S. The summed E-state index contributed by atoms with van der Waals surface area (Å²) in [6.45, 7) is 1.67. The number of benzene rings is 3. The third kappa shape index (κ3) is 3.55. The quantitative estimate of drug-likeness (QED) is 0.703. The van der Waals surface area contributed by atoms with Crippen molar-refractivity contribution in [2.75, 3.05) is 0 Å². The molecule has 1 atom stereocenters. The summed E-state index contributed by atoms with van der Waals surface area (Å²) in [5.74, 6) is 0. The minimum absolute atomic E-state index is 0.162. The first-order valence-electron chi connectivity index (χ1n) is 8.35. The molecule has 0 fully saturated rings. The molecule has 3 aromatic rings. The largest absolute Gasteiger partial charge is 0.379 e. The summed E-state index contributed by atoms with van der Waals surface area (Å²) in [6.07, 6.45) is 0. The van der Waals surface area contributed by atoms with E-state index in [9.17, 15) is 13.5 Å². The number of hydrogen-bond acceptors (Lipinski definition) is 3. The first-order valence-corrected chi connectivity index (χ1v) is 9.84. The Morgan fingerprint density at radius 2 is 1.15 bits per heavy atom. The third-order valence-electron chi connectivity index (χ3n) is 4.44. The standard InChI is InChI=1S/C21H21NO3S/c1-17(22-26(24,25)20-15-9-4-10-16-20)21(23,18-11-5-2-6-12-18)19-13-7-3-8-14-19/h2-17,22-23H,1H3/t17-/m0/s1. The summed E-state index contributed by atoms with van der Waals surface area (Å²) in [5.41, 5.74) is -0.270. The Balaban J connectivity index is 2.03. The first kappa shape index (κ1) is 18.3. The van der Waals surface area contributed by atoms with Crippen molar-refractivity contribution in [1.29, 1.82) is 0 Å². The molecule has 4 nitrogen and oxygen atoms in total. The van der Waals surface area contributed by atoms with Gasteiger partial charge in [-0.15, -0.1) is 0 Å². The molecular weight excluding hydrogens is 346 g/mol. The highest BCUT2D eigenvalue weighted by molar-refractivity contribution is 7.89. The molecule has 0 amide bonds. The van der Waals surface area contributed by atoms with E-state index in [1.165, 1.54) is 12.1 Å². The molecule has 134 valence electrons. The van der Waals surface area contributed by atoms with Gasteiger partial charge in [0.25, 0.3) is 0 Å². The van der Waals surface area contributed by atoms with Crippen LogP contribution in [-0.4, -0.2) is 19.6 Å². The molecule has 0 aliphatic heterocycles. The molecule has 0 saturated heterocycles. The maximum atomic E-state index is 12.7. The Hall–Kier alpha value is -2.47. The van der Waals surface area contributed by atoms with Crippen LogP contribution in [0.5, 0.6) is 0 Å². The molecule has 0 aliphatic carbocycles. The summed E-state index contributed by atoms with van der Waals surface area (Å²) in [7, 11) is -3.77. The maximum absolute atomic E-state index is 12.7. The van der Waals surface area contributed by atoms with Gasteiger partial charge in [-0.3, -0.25) is 0 Å². The highest BCUT2D eigenvalue weighted by atomic mass is 32.2. The lowest BCUT2D eigenvalue weighted by molar-refractivity contribution is 0.0519. The van der Waals surface area contributed by atoms with Gasteiger partial charge in [0.05, 0.1) is 10.9 Å². The van der Waals surface area contributed by atoms with Crippen molar-refractivity contribution < 1.29 is 13.5 Å². The molecule has 0 heterocycles. The lowest BCUT2D eigenvalue weighted by Crippen LogP contribution is -2.49. The van der Waals surface area contributed by atoms with Crippen LogP contribution in [0.25, 0.3) is 0 Å². The molecule has 5 heteroatoms. The molecule has 0 unspecified atom stereocenters. The molecule has 3 aromatic carbocycles. The molecule has 0 aliphatic rings. The summed E-state index contributed by atoms with van der Waals surface area (Å²) < 4.78 is 28.1. The van der Waals surface area contributed by atoms with Gasteiger partial charge in [0.15, 0.2) is 0 Å². The van der Waals surface area contributed by atoms with Gasteiger partial charge in [0.1, 0.15) is 5.60 Å². The van der Waals surface area contributed by atoms with Gasteiger partial charge in [-0.1, -0.05) is 78.9 Å². The maximum Gasteiger partial charge on any atom is 0.240 e. The second-order valence-corrected chi connectivity index (χ2v) is 7.87. The fourth-order valence-electron chi connectivity index (χ4n) is 3.04. The molecule has 2 N–H and O–H groups in total. The number of nitrogens with one attached hydrogen (secondary N) is 1. The number of rotatable bonds is 6. The Morgan fingerprint density at radius 1 is 0.769 bits per heavy atom. The second-order valence-electron chi connectivity index (χ2n) is 6.15. The fraction of sp³-hybridized carbons (Fsp3) is 0.143. The van der Waals surface area contributed by atoms with Crippen molar-refractivity contribution in [3.8, 4) is 0 Å². The van der Waals surface area contributed by atoms with E-state index in [1.807, 2.05) is 36.4 Å². The van der Waals surface area contributed by atoms with Crippen LogP contribution in [0.15, 0.2) is 95.9 Å². The van der Waals surface area contributed by atoms with Gasteiger partial charge in [0.2, 0.25) is 10.0 Å². The van der Waals surface area contributed by atoms with E-state index in [4.69, 9.17) is 0 Å². The van der Waals surface area contributed by atoms with E-state index in [1.54, 1.807) is 49.4 Å². The van der Waals surface area contributed by atoms with Crippen LogP contribution in [0.4, 0.5) is 0 Å². The molecule has 0 aromatic heterocycles. The van der Waals surface area contributed by atoms with Crippen LogP contribution in [0, 0.1) is 0 Å². The summed E-state index contributed by atoms with van der Waals surface area (Å²) >= 11 is 0. The van der Waals surface area contributed by atoms with Gasteiger partial charge in [-0.2, -0.15) is 0 Å². The zero-order valence-electron chi connectivity index (χ0n) is 14.4. The van der Waals surface area contributed by atoms with Crippen LogP contribution in [0.3, 0.4) is 0 Å². The van der Waals surface area contributed by atoms with Crippen molar-refractivity contribution in [2.45, 2.75) is 23.5 Å². The van der Waals surface area contributed by atoms with E-state index in [0.717, 1.165) is 0 Å². The van der Waals surface area contributed by atoms with Gasteiger partial charge >= 0.3 is 0 Å². The first-order chi connectivity index (χ1) is 12.4. The lowest BCUT2D eigenvalue weighted by atomic mass is 9.81. The minimum atomic E-state index is -3.77. The van der Waals surface area contributed by atoms with Crippen molar-refractivity contribution in [3.05, 3.63) is 102 Å². The van der Waals surface area contributed by atoms with E-state index in [-0.39, 0.29) is 4.90 Å². The number of aliphatic hydroxyl groups is 1. The smallest absolute Gasteiger partial charge is 0.240 e. The highest BCUT2D eigenvalue weighted by Gasteiger charge is 2.39. The van der Waals surface area contributed by atoms with Gasteiger partial charge < -0.3 is 5.11 Å². The summed E-state index contributed by atoms with van der Waals surface area (Å²) in [6, 6.07) is 25.5. The Kier molecular flexibility index (Phi) is 5.23. The molecule has 0 saturated carbocycles. The molecule has 3 rings (SSSR count). The summed E-state index contributed by atoms with van der Waals surface area (Å²) in [4.78, 5) is 0.162. The van der Waals surface area contributed by atoms with Crippen LogP contribution in [-0.2, 0) is 15.6 Å². The minimum Gasteiger partial charge on any atom is -0.379 e. The van der Waals surface area contributed by atoms with Gasteiger partial charge in [0, 0.05) is 0 Å². The molecule has 0 radical (unpaired) electrons. The number of hydrogen-bond donors (Lipinski definition) is 2. The Labute approximate surface area is 154 Å². The monoisotopic (exact) mass is 367 g/mol. The predicted molar refractivity (Wildman–Crippen MR) is 102 cm³/mol. The van der Waals surface area contributed by atoms with Crippen molar-refractivity contribution in [3.63, 3.8) is 0 Å². The van der Waals surface area contributed by atoms with Crippen molar-refractivity contribution in [1.82, 2.24) is 4.72 Å². The van der Waals surface area contributed by atoms with Crippen LogP contribution in [0.1, 0.15) is 18.1 Å². The van der Waals surface area contributed by atoms with Crippen molar-refractivity contribution in [2.24, 2.45) is 0 Å². The normalized spacial score (nSPS) is 13.3. The van der Waals surface area contributed by atoms with E-state index in [2.05, 4.69) is 4.72 Å². The van der Waals surface area contributed by atoms with Crippen LogP contribution in [0.2, 0.25) is 0 Å². The van der Waals surface area contributed by atoms with Crippen LogP contribution < -0.4 is 4.72 Å². The Bertz CT molecular complexity index is 903. The zero-order valence-corrected chi connectivity index (χ0v) is 15.2. The SMILES string of the molecule is C[C@H](NS(=O)(=O)c1ccccc1)C(O)(c1ccccc1)c1ccccc1. The molecule has 26 heavy (non-hydrogen) atoms. The van der Waals surface area contributed by atoms with E-state index >= 15 is 0 Å². The zero-order chi connectivity index (χ0) is 18.6. The lowest BCUT2D eigenvalue weighted by Gasteiger charge is -2.35. The average Bonchev–Trinajstić information content (AvgIpc) is 2.69. The second kappa shape index (κ2) is 7.41. The molecule has 0 spiro atoms. The van der Waals surface area contributed by atoms with Crippen molar-refractivity contribution >= 4 is 10.0 Å². The summed E-state index contributed by atoms with van der Waals surface area (Å²) in [5, 5.41) is 11.6. The van der Waals surface area contributed by atoms with E-state index in [0.29, 0.717) is 11.1 Å². The van der Waals surface area contributed by atoms with Gasteiger partial charge in [-0.25, -0.2) is 13.1 Å². The van der Waals surface area contributed by atoms with Gasteiger partial charge in [-0.05, 0) is 30.2 Å². The third-order valence-corrected chi connectivity index (χ3v) is 6.00.